The standard InChI is InChI=1S/C20H34N4O5/c1-5-27-12-16(26)21-19(4)13-20(28-11-15(19)25)6-8-24(9-7-20)10-17-22-23-18(29-17)14(2)3/h14-15,25H,5-13H2,1-4H3,(H,21,26)/t15-,19-/m0/s1. The van der Waals surface area contributed by atoms with Gasteiger partial charge in [-0.1, -0.05) is 13.8 Å². The maximum absolute atomic E-state index is 12.2. The average Bonchev–Trinajstić information content (AvgIpc) is 3.14. The zero-order valence-electron chi connectivity index (χ0n) is 17.9. The van der Waals surface area contributed by atoms with E-state index in [0.29, 0.717) is 31.4 Å². The number of nitrogens with zero attached hydrogens (tertiary/aromatic N) is 3. The van der Waals surface area contributed by atoms with E-state index in [-0.39, 0.29) is 30.6 Å². The molecule has 2 fully saturated rings. The van der Waals surface area contributed by atoms with Crippen molar-refractivity contribution < 1.29 is 23.8 Å². The first kappa shape index (κ1) is 22.1. The van der Waals surface area contributed by atoms with Gasteiger partial charge in [0.2, 0.25) is 17.7 Å². The molecular weight excluding hydrogens is 376 g/mol. The minimum Gasteiger partial charge on any atom is -0.424 e. The monoisotopic (exact) mass is 410 g/mol. The quantitative estimate of drug-likeness (QED) is 0.690. The fourth-order valence-corrected chi connectivity index (χ4v) is 4.15. The Morgan fingerprint density at radius 3 is 2.72 bits per heavy atom. The fraction of sp³-hybridized carbons (Fsp3) is 0.850. The Balaban J connectivity index is 1.56. The highest BCUT2D eigenvalue weighted by molar-refractivity contribution is 5.78. The van der Waals surface area contributed by atoms with Gasteiger partial charge in [0.05, 0.1) is 24.3 Å². The van der Waals surface area contributed by atoms with Crippen LogP contribution in [0, 0.1) is 0 Å². The summed E-state index contributed by atoms with van der Waals surface area (Å²) in [6.07, 6.45) is 1.47. The molecule has 2 saturated heterocycles. The van der Waals surface area contributed by atoms with Gasteiger partial charge >= 0.3 is 0 Å². The molecule has 2 atom stereocenters. The maximum atomic E-state index is 12.2. The molecule has 1 aromatic rings. The van der Waals surface area contributed by atoms with Crippen LogP contribution in [0.2, 0.25) is 0 Å². The summed E-state index contributed by atoms with van der Waals surface area (Å²) in [4.78, 5) is 14.5. The smallest absolute Gasteiger partial charge is 0.246 e. The van der Waals surface area contributed by atoms with Gasteiger partial charge in [0.1, 0.15) is 12.7 Å². The molecule has 1 amide bonds. The second-order valence-electron chi connectivity index (χ2n) is 8.75. The number of carbonyl (C=O) groups is 1. The number of piperidine rings is 1. The molecule has 1 spiro atoms. The number of aromatic nitrogens is 2. The highest BCUT2D eigenvalue weighted by Crippen LogP contribution is 2.40. The van der Waals surface area contributed by atoms with Crippen LogP contribution in [0.4, 0.5) is 0 Å². The lowest BCUT2D eigenvalue weighted by molar-refractivity contribution is -0.182. The molecule has 0 aromatic carbocycles. The summed E-state index contributed by atoms with van der Waals surface area (Å²) in [5.41, 5.74) is -1.07. The van der Waals surface area contributed by atoms with Crippen molar-refractivity contribution in [3.05, 3.63) is 11.8 Å². The maximum Gasteiger partial charge on any atom is 0.246 e. The predicted molar refractivity (Wildman–Crippen MR) is 105 cm³/mol. The van der Waals surface area contributed by atoms with Crippen LogP contribution in [0.5, 0.6) is 0 Å². The zero-order chi connectivity index (χ0) is 21.1. The second-order valence-corrected chi connectivity index (χ2v) is 8.75. The van der Waals surface area contributed by atoms with Crippen molar-refractivity contribution in [1.29, 1.82) is 0 Å². The van der Waals surface area contributed by atoms with Crippen molar-refractivity contribution in [2.45, 2.75) is 76.7 Å². The van der Waals surface area contributed by atoms with E-state index in [4.69, 9.17) is 13.9 Å². The van der Waals surface area contributed by atoms with Crippen LogP contribution in [0.3, 0.4) is 0 Å². The third-order valence-electron chi connectivity index (χ3n) is 5.94. The number of carbonyl (C=O) groups excluding carboxylic acids is 1. The predicted octanol–water partition coefficient (Wildman–Crippen LogP) is 1.22. The largest absolute Gasteiger partial charge is 0.424 e. The van der Waals surface area contributed by atoms with Gasteiger partial charge in [0.15, 0.2) is 0 Å². The lowest BCUT2D eigenvalue weighted by Crippen LogP contribution is -2.66. The number of rotatable bonds is 7. The number of likely N-dealkylation sites (tertiary alicyclic amines) is 1. The summed E-state index contributed by atoms with van der Waals surface area (Å²) in [5, 5.41) is 21.7. The zero-order valence-corrected chi connectivity index (χ0v) is 17.9. The molecule has 2 aliphatic heterocycles. The Labute approximate surface area is 172 Å². The molecule has 29 heavy (non-hydrogen) atoms. The van der Waals surface area contributed by atoms with Gasteiger partial charge in [-0.15, -0.1) is 10.2 Å². The normalized spacial score (nSPS) is 27.4. The Bertz CT molecular complexity index is 686. The van der Waals surface area contributed by atoms with Gasteiger partial charge in [-0.05, 0) is 26.7 Å². The molecule has 0 unspecified atom stereocenters. The molecule has 3 rings (SSSR count). The first-order valence-electron chi connectivity index (χ1n) is 10.5. The fourth-order valence-electron chi connectivity index (χ4n) is 4.15. The first-order valence-corrected chi connectivity index (χ1v) is 10.5. The summed E-state index contributed by atoms with van der Waals surface area (Å²) in [7, 11) is 0. The Morgan fingerprint density at radius 1 is 1.38 bits per heavy atom. The minimum absolute atomic E-state index is 0.00297. The average molecular weight is 411 g/mol. The SMILES string of the molecule is CCOCC(=O)N[C@@]1(C)CC2(CCN(Cc3nnc(C(C)C)o3)CC2)OC[C@@H]1O. The Morgan fingerprint density at radius 2 is 2.10 bits per heavy atom. The van der Waals surface area contributed by atoms with Crippen LogP contribution in [-0.4, -0.2) is 76.3 Å². The van der Waals surface area contributed by atoms with Crippen molar-refractivity contribution in [3.8, 4) is 0 Å². The number of aliphatic hydroxyl groups is 1. The van der Waals surface area contributed by atoms with Gasteiger partial charge in [-0.25, -0.2) is 0 Å². The minimum atomic E-state index is -0.746. The van der Waals surface area contributed by atoms with Crippen LogP contribution >= 0.6 is 0 Å². The van der Waals surface area contributed by atoms with E-state index in [1.54, 1.807) is 0 Å². The number of hydrogen-bond donors (Lipinski definition) is 2. The number of hydrogen-bond acceptors (Lipinski definition) is 8. The molecule has 9 nitrogen and oxygen atoms in total. The van der Waals surface area contributed by atoms with Crippen LogP contribution in [0.15, 0.2) is 4.42 Å². The molecule has 1 aromatic heterocycles. The molecular formula is C20H34N4O5. The van der Waals surface area contributed by atoms with Gasteiger partial charge in [0.25, 0.3) is 0 Å². The van der Waals surface area contributed by atoms with Crippen LogP contribution in [0.25, 0.3) is 0 Å². The molecule has 2 aliphatic rings. The molecule has 9 heteroatoms. The Kier molecular flexibility index (Phi) is 6.93. The van der Waals surface area contributed by atoms with E-state index in [1.165, 1.54) is 0 Å². The van der Waals surface area contributed by atoms with E-state index < -0.39 is 11.6 Å². The number of amides is 1. The van der Waals surface area contributed by atoms with Crippen LogP contribution in [0.1, 0.15) is 64.7 Å². The van der Waals surface area contributed by atoms with Crippen molar-refractivity contribution in [2.24, 2.45) is 0 Å². The van der Waals surface area contributed by atoms with Crippen molar-refractivity contribution in [2.75, 3.05) is 32.9 Å². The molecule has 0 aliphatic carbocycles. The van der Waals surface area contributed by atoms with Gasteiger partial charge in [-0.3, -0.25) is 9.69 Å². The summed E-state index contributed by atoms with van der Waals surface area (Å²) >= 11 is 0. The van der Waals surface area contributed by atoms with Gasteiger partial charge in [-0.2, -0.15) is 0 Å². The van der Waals surface area contributed by atoms with Gasteiger partial charge in [0, 0.05) is 32.0 Å². The van der Waals surface area contributed by atoms with Crippen molar-refractivity contribution in [3.63, 3.8) is 0 Å². The Hall–Kier alpha value is -1.55. The van der Waals surface area contributed by atoms with E-state index >= 15 is 0 Å². The van der Waals surface area contributed by atoms with Crippen molar-refractivity contribution >= 4 is 5.91 Å². The summed E-state index contributed by atoms with van der Waals surface area (Å²) in [5.74, 6) is 1.31. The third kappa shape index (κ3) is 5.33. The summed E-state index contributed by atoms with van der Waals surface area (Å²) < 4.78 is 17.0. The number of aliphatic hydroxyl groups excluding tert-OH is 1. The summed E-state index contributed by atoms with van der Waals surface area (Å²) in [6, 6.07) is 0. The lowest BCUT2D eigenvalue weighted by atomic mass is 9.74. The molecule has 0 saturated carbocycles. The molecule has 164 valence electrons. The lowest BCUT2D eigenvalue weighted by Gasteiger charge is -2.51. The molecule has 3 heterocycles. The number of nitrogens with one attached hydrogen (secondary N) is 1. The summed E-state index contributed by atoms with van der Waals surface area (Å²) in [6.45, 7) is 10.8. The topological polar surface area (TPSA) is 110 Å². The van der Waals surface area contributed by atoms with Gasteiger partial charge < -0.3 is 24.3 Å². The van der Waals surface area contributed by atoms with Crippen LogP contribution in [-0.2, 0) is 20.8 Å². The molecule has 2 N–H and O–H groups in total. The third-order valence-corrected chi connectivity index (χ3v) is 5.94. The molecule has 0 radical (unpaired) electrons. The van der Waals surface area contributed by atoms with E-state index in [1.807, 2.05) is 27.7 Å². The van der Waals surface area contributed by atoms with E-state index in [9.17, 15) is 9.90 Å². The highest BCUT2D eigenvalue weighted by atomic mass is 16.5. The van der Waals surface area contributed by atoms with Crippen molar-refractivity contribution in [1.82, 2.24) is 20.4 Å². The second kappa shape index (κ2) is 9.07. The van der Waals surface area contributed by atoms with Crippen LogP contribution < -0.4 is 5.32 Å². The first-order chi connectivity index (χ1) is 13.8. The highest BCUT2D eigenvalue weighted by Gasteiger charge is 2.50. The molecule has 0 bridgehead atoms. The number of ether oxygens (including phenoxy) is 2. The van der Waals surface area contributed by atoms with E-state index in [2.05, 4.69) is 20.4 Å². The van der Waals surface area contributed by atoms with E-state index in [0.717, 1.165) is 25.9 Å².